The largest absolute Gasteiger partial charge is 0.355 e. The van der Waals surface area contributed by atoms with Crippen LogP contribution in [0.2, 0.25) is 0 Å². The van der Waals surface area contributed by atoms with Gasteiger partial charge in [0.2, 0.25) is 11.8 Å². The molecule has 1 N–H and O–H groups in total. The van der Waals surface area contributed by atoms with E-state index >= 15 is 0 Å². The monoisotopic (exact) mass is 264 g/mol. The minimum Gasteiger partial charge on any atom is -0.355 e. The lowest BCUT2D eigenvalue weighted by Crippen LogP contribution is -2.48. The number of carbonyl (C=O) groups excluding carboxylic acids is 2. The molecule has 4 heteroatoms. The first-order valence-corrected chi connectivity index (χ1v) is 7.74. The van der Waals surface area contributed by atoms with Crippen molar-refractivity contribution in [2.45, 2.75) is 51.4 Å². The topological polar surface area (TPSA) is 49.4 Å². The van der Waals surface area contributed by atoms with Gasteiger partial charge in [0.15, 0.2) is 0 Å². The molecule has 3 rings (SSSR count). The highest BCUT2D eigenvalue weighted by molar-refractivity contribution is 5.83. The van der Waals surface area contributed by atoms with Gasteiger partial charge in [-0.15, -0.1) is 0 Å². The first kappa shape index (κ1) is 12.9. The van der Waals surface area contributed by atoms with Gasteiger partial charge in [0, 0.05) is 26.1 Å². The van der Waals surface area contributed by atoms with Crippen LogP contribution < -0.4 is 5.32 Å². The summed E-state index contributed by atoms with van der Waals surface area (Å²) in [5.74, 6) is 0.385. The predicted octanol–water partition coefficient (Wildman–Crippen LogP) is 1.70. The van der Waals surface area contributed by atoms with Crippen molar-refractivity contribution in [3.8, 4) is 0 Å². The molecule has 3 aliphatic rings. The van der Waals surface area contributed by atoms with E-state index in [2.05, 4.69) is 5.32 Å². The quantitative estimate of drug-likeness (QED) is 0.783. The summed E-state index contributed by atoms with van der Waals surface area (Å²) in [5, 5.41) is 2.81. The molecule has 0 bridgehead atoms. The first-order chi connectivity index (χ1) is 9.19. The molecule has 19 heavy (non-hydrogen) atoms. The van der Waals surface area contributed by atoms with Crippen LogP contribution in [0.15, 0.2) is 0 Å². The van der Waals surface area contributed by atoms with Gasteiger partial charge in [-0.05, 0) is 37.5 Å². The molecule has 1 aliphatic carbocycles. The van der Waals surface area contributed by atoms with Crippen LogP contribution in [-0.2, 0) is 9.59 Å². The molecule has 2 heterocycles. The number of piperidine rings is 2. The maximum absolute atomic E-state index is 12.4. The Bertz CT molecular complexity index is 354. The van der Waals surface area contributed by atoms with Crippen LogP contribution in [0.3, 0.4) is 0 Å². The van der Waals surface area contributed by atoms with Crippen molar-refractivity contribution in [1.29, 1.82) is 0 Å². The lowest BCUT2D eigenvalue weighted by molar-refractivity contribution is -0.139. The minimum absolute atomic E-state index is 0.0235. The molecule has 3 fully saturated rings. The Balaban J connectivity index is 1.53. The molecule has 106 valence electrons. The number of likely N-dealkylation sites (tertiary alicyclic amines) is 1. The second-order valence-electron chi connectivity index (χ2n) is 6.57. The zero-order valence-electron chi connectivity index (χ0n) is 11.6. The van der Waals surface area contributed by atoms with Crippen molar-refractivity contribution < 1.29 is 9.59 Å². The van der Waals surface area contributed by atoms with Crippen LogP contribution in [0.4, 0.5) is 0 Å². The third-order valence-electron chi connectivity index (χ3n) is 5.41. The summed E-state index contributed by atoms with van der Waals surface area (Å²) in [4.78, 5) is 25.6. The van der Waals surface area contributed by atoms with Crippen molar-refractivity contribution >= 4 is 11.8 Å². The molecule has 1 atom stereocenters. The highest BCUT2D eigenvalue weighted by atomic mass is 16.2. The van der Waals surface area contributed by atoms with Crippen LogP contribution >= 0.6 is 0 Å². The standard InChI is InChI=1S/C15H24N2O2/c18-13-4-3-12(11-16-13)14(19)17-9-7-15(8-10-17)5-1-2-6-15/h12H,1-11H2,(H,16,18). The molecule has 1 spiro atoms. The third-order valence-corrected chi connectivity index (χ3v) is 5.41. The molecular formula is C15H24N2O2. The van der Waals surface area contributed by atoms with Gasteiger partial charge in [0.05, 0.1) is 5.92 Å². The van der Waals surface area contributed by atoms with Gasteiger partial charge in [0.1, 0.15) is 0 Å². The van der Waals surface area contributed by atoms with E-state index in [1.165, 1.54) is 38.5 Å². The maximum atomic E-state index is 12.4. The highest BCUT2D eigenvalue weighted by Gasteiger charge is 2.39. The van der Waals surface area contributed by atoms with Crippen molar-refractivity contribution in [2.75, 3.05) is 19.6 Å². The summed E-state index contributed by atoms with van der Waals surface area (Å²) in [5.41, 5.74) is 0.567. The van der Waals surface area contributed by atoms with Crippen molar-refractivity contribution in [3.05, 3.63) is 0 Å². The Labute approximate surface area is 114 Å². The Hall–Kier alpha value is -1.06. The zero-order chi connectivity index (χ0) is 13.3. The number of hydrogen-bond acceptors (Lipinski definition) is 2. The molecule has 0 aromatic rings. The van der Waals surface area contributed by atoms with Crippen LogP contribution in [0.25, 0.3) is 0 Å². The number of nitrogens with one attached hydrogen (secondary N) is 1. The Morgan fingerprint density at radius 3 is 2.42 bits per heavy atom. The van der Waals surface area contributed by atoms with E-state index in [-0.39, 0.29) is 17.7 Å². The Kier molecular flexibility index (Phi) is 3.50. The van der Waals surface area contributed by atoms with Gasteiger partial charge in [0.25, 0.3) is 0 Å². The summed E-state index contributed by atoms with van der Waals surface area (Å²) in [7, 11) is 0. The van der Waals surface area contributed by atoms with Crippen molar-refractivity contribution in [2.24, 2.45) is 11.3 Å². The zero-order valence-corrected chi connectivity index (χ0v) is 11.6. The van der Waals surface area contributed by atoms with E-state index in [1.54, 1.807) is 0 Å². The average molecular weight is 264 g/mol. The summed E-state index contributed by atoms with van der Waals surface area (Å²) >= 11 is 0. The summed E-state index contributed by atoms with van der Waals surface area (Å²) < 4.78 is 0. The molecule has 4 nitrogen and oxygen atoms in total. The van der Waals surface area contributed by atoms with Crippen molar-refractivity contribution in [1.82, 2.24) is 10.2 Å². The van der Waals surface area contributed by atoms with Gasteiger partial charge in [-0.1, -0.05) is 12.8 Å². The SMILES string of the molecule is O=C1CCC(C(=O)N2CCC3(CCCC3)CC2)CN1. The Morgan fingerprint density at radius 1 is 1.16 bits per heavy atom. The highest BCUT2D eigenvalue weighted by Crippen LogP contribution is 2.46. The summed E-state index contributed by atoms with van der Waals surface area (Å²) in [6, 6.07) is 0. The number of rotatable bonds is 1. The summed E-state index contributed by atoms with van der Waals surface area (Å²) in [6.45, 7) is 2.41. The maximum Gasteiger partial charge on any atom is 0.227 e. The fourth-order valence-corrected chi connectivity index (χ4v) is 4.03. The fourth-order valence-electron chi connectivity index (χ4n) is 4.03. The second kappa shape index (κ2) is 5.14. The van der Waals surface area contributed by atoms with E-state index in [1.807, 2.05) is 4.90 Å². The number of carbonyl (C=O) groups is 2. The van der Waals surface area contributed by atoms with Gasteiger partial charge in [-0.3, -0.25) is 9.59 Å². The smallest absolute Gasteiger partial charge is 0.227 e. The van der Waals surface area contributed by atoms with Gasteiger partial charge in [-0.25, -0.2) is 0 Å². The molecule has 1 unspecified atom stereocenters. The third kappa shape index (κ3) is 2.63. The Morgan fingerprint density at radius 2 is 1.84 bits per heavy atom. The van der Waals surface area contributed by atoms with Crippen LogP contribution in [0.5, 0.6) is 0 Å². The van der Waals surface area contributed by atoms with Crippen LogP contribution in [0, 0.1) is 11.3 Å². The molecule has 2 saturated heterocycles. The molecule has 0 aromatic carbocycles. The number of amides is 2. The second-order valence-corrected chi connectivity index (χ2v) is 6.57. The van der Waals surface area contributed by atoms with E-state index in [0.717, 1.165) is 19.5 Å². The van der Waals surface area contributed by atoms with E-state index in [4.69, 9.17) is 0 Å². The molecular weight excluding hydrogens is 240 g/mol. The minimum atomic E-state index is 0.0235. The van der Waals surface area contributed by atoms with Gasteiger partial charge >= 0.3 is 0 Å². The molecule has 0 aromatic heterocycles. The fraction of sp³-hybridized carbons (Fsp3) is 0.867. The van der Waals surface area contributed by atoms with E-state index in [9.17, 15) is 9.59 Å². The van der Waals surface area contributed by atoms with E-state index < -0.39 is 0 Å². The average Bonchev–Trinajstić information content (AvgIpc) is 2.88. The normalized spacial score (nSPS) is 30.4. The predicted molar refractivity (Wildman–Crippen MR) is 72.4 cm³/mol. The molecule has 0 radical (unpaired) electrons. The van der Waals surface area contributed by atoms with Gasteiger partial charge in [-0.2, -0.15) is 0 Å². The number of hydrogen-bond donors (Lipinski definition) is 1. The molecule has 2 aliphatic heterocycles. The van der Waals surface area contributed by atoms with Crippen LogP contribution in [0.1, 0.15) is 51.4 Å². The summed E-state index contributed by atoms with van der Waals surface area (Å²) in [6.07, 6.45) is 9.12. The lowest BCUT2D eigenvalue weighted by Gasteiger charge is -2.41. The van der Waals surface area contributed by atoms with Gasteiger partial charge < -0.3 is 10.2 Å². The first-order valence-electron chi connectivity index (χ1n) is 7.74. The lowest BCUT2D eigenvalue weighted by atomic mass is 9.77. The molecule has 1 saturated carbocycles. The molecule has 2 amide bonds. The van der Waals surface area contributed by atoms with Crippen molar-refractivity contribution in [3.63, 3.8) is 0 Å². The van der Waals surface area contributed by atoms with Crippen LogP contribution in [-0.4, -0.2) is 36.3 Å². The van der Waals surface area contributed by atoms with E-state index in [0.29, 0.717) is 18.4 Å². The number of nitrogens with zero attached hydrogens (tertiary/aromatic N) is 1.